The summed E-state index contributed by atoms with van der Waals surface area (Å²) in [6, 6.07) is 3.78. The lowest BCUT2D eigenvalue weighted by atomic mass is 9.95. The number of carbonyl (C=O) groups excluding carboxylic acids is 1. The summed E-state index contributed by atoms with van der Waals surface area (Å²) in [7, 11) is 1.51. The van der Waals surface area contributed by atoms with Crippen molar-refractivity contribution < 1.29 is 18.0 Å². The second-order valence-corrected chi connectivity index (χ2v) is 5.24. The predicted molar refractivity (Wildman–Crippen MR) is 89.1 cm³/mol. The molecule has 1 atom stereocenters. The quantitative estimate of drug-likeness (QED) is 0.810. The molecule has 0 saturated heterocycles. The molecule has 0 saturated carbocycles. The van der Waals surface area contributed by atoms with E-state index in [4.69, 9.17) is 5.41 Å². The van der Waals surface area contributed by atoms with Gasteiger partial charge in [0.05, 0.1) is 18.3 Å². The molecule has 0 spiro atoms. The van der Waals surface area contributed by atoms with Crippen LogP contribution in [0, 0.1) is 22.9 Å². The summed E-state index contributed by atoms with van der Waals surface area (Å²) < 4.78 is 41.4. The molecule has 0 aliphatic heterocycles. The van der Waals surface area contributed by atoms with Crippen LogP contribution >= 0.6 is 0 Å². The van der Waals surface area contributed by atoms with Gasteiger partial charge in [0.25, 0.3) is 5.91 Å². The number of amides is 1. The summed E-state index contributed by atoms with van der Waals surface area (Å²) in [6.45, 7) is 1.52. The number of nitrogens with one attached hydrogen (secondary N) is 2. The number of hydrogen-bond donors (Lipinski definition) is 2. The molecule has 1 heterocycles. The SMILES string of the molecule is CN=CC(C(C)=N)c1ccc(NC(=O)c2c(F)cncc2F)cc1F. The minimum absolute atomic E-state index is 0.0247. The smallest absolute Gasteiger partial charge is 0.261 e. The Morgan fingerprint density at radius 1 is 1.24 bits per heavy atom. The average Bonchev–Trinajstić information content (AvgIpc) is 2.53. The van der Waals surface area contributed by atoms with E-state index in [0.29, 0.717) is 12.4 Å². The van der Waals surface area contributed by atoms with Crippen molar-refractivity contribution in [3.63, 3.8) is 0 Å². The van der Waals surface area contributed by atoms with E-state index in [1.807, 2.05) is 0 Å². The number of pyridine rings is 1. The normalized spacial score (nSPS) is 12.2. The molecule has 1 amide bonds. The van der Waals surface area contributed by atoms with Crippen LogP contribution < -0.4 is 5.32 Å². The van der Waals surface area contributed by atoms with Gasteiger partial charge in [0.15, 0.2) is 11.6 Å². The topological polar surface area (TPSA) is 78.2 Å². The molecule has 2 aromatic rings. The summed E-state index contributed by atoms with van der Waals surface area (Å²) >= 11 is 0. The number of carbonyl (C=O) groups is 1. The van der Waals surface area contributed by atoms with E-state index in [1.165, 1.54) is 32.3 Å². The molecule has 0 aliphatic rings. The average molecular weight is 348 g/mol. The number of aromatic nitrogens is 1. The number of anilines is 1. The van der Waals surface area contributed by atoms with Crippen LogP contribution in [0.5, 0.6) is 0 Å². The van der Waals surface area contributed by atoms with E-state index in [9.17, 15) is 18.0 Å². The van der Waals surface area contributed by atoms with Gasteiger partial charge in [0.2, 0.25) is 0 Å². The van der Waals surface area contributed by atoms with Gasteiger partial charge in [-0.15, -0.1) is 0 Å². The van der Waals surface area contributed by atoms with Gasteiger partial charge in [0.1, 0.15) is 11.4 Å². The molecule has 1 aromatic carbocycles. The van der Waals surface area contributed by atoms with E-state index in [-0.39, 0.29) is 17.0 Å². The van der Waals surface area contributed by atoms with Gasteiger partial charge in [-0.05, 0) is 19.1 Å². The predicted octanol–water partition coefficient (Wildman–Crippen LogP) is 3.58. The number of aliphatic imine (C=N–C) groups is 1. The first-order valence-corrected chi connectivity index (χ1v) is 7.22. The summed E-state index contributed by atoms with van der Waals surface area (Å²) in [5.41, 5.74) is -0.373. The molecule has 130 valence electrons. The van der Waals surface area contributed by atoms with E-state index >= 15 is 0 Å². The van der Waals surface area contributed by atoms with Gasteiger partial charge in [0, 0.05) is 30.2 Å². The standard InChI is InChI=1S/C17H15F3N4O/c1-9(21)12(6-22-2)11-4-3-10(5-13(11)18)24-17(25)16-14(19)7-23-8-15(16)20/h3-8,12,21H,1-2H3,(H,24,25). The summed E-state index contributed by atoms with van der Waals surface area (Å²) in [4.78, 5) is 19.1. The third-order valence-corrected chi connectivity index (χ3v) is 3.44. The molecule has 8 heteroatoms. The Kier molecular flexibility index (Phi) is 5.63. The van der Waals surface area contributed by atoms with Crippen molar-refractivity contribution in [3.05, 3.63) is 59.2 Å². The van der Waals surface area contributed by atoms with E-state index in [0.717, 1.165) is 6.07 Å². The molecule has 2 N–H and O–H groups in total. The molecular formula is C17H15F3N4O. The Morgan fingerprint density at radius 2 is 1.88 bits per heavy atom. The van der Waals surface area contributed by atoms with E-state index < -0.39 is 34.8 Å². The molecule has 1 unspecified atom stereocenters. The number of benzene rings is 1. The molecule has 5 nitrogen and oxygen atoms in total. The maximum atomic E-state index is 14.3. The maximum absolute atomic E-state index is 14.3. The Hall–Kier alpha value is -3.03. The first-order chi connectivity index (χ1) is 11.8. The largest absolute Gasteiger partial charge is 0.322 e. The fraction of sp³-hybridized carbons (Fsp3) is 0.176. The third kappa shape index (κ3) is 4.09. The lowest BCUT2D eigenvalue weighted by Crippen LogP contribution is -2.17. The minimum atomic E-state index is -1.12. The summed E-state index contributed by atoms with van der Waals surface area (Å²) in [6.07, 6.45) is 2.85. The molecule has 25 heavy (non-hydrogen) atoms. The Bertz CT molecular complexity index is 832. The third-order valence-electron chi connectivity index (χ3n) is 3.44. The fourth-order valence-corrected chi connectivity index (χ4v) is 2.25. The molecular weight excluding hydrogens is 333 g/mol. The van der Waals surface area contributed by atoms with Crippen molar-refractivity contribution >= 4 is 23.5 Å². The number of halogens is 3. The lowest BCUT2D eigenvalue weighted by molar-refractivity contribution is 0.101. The summed E-state index contributed by atoms with van der Waals surface area (Å²) in [5, 5.41) is 9.93. The molecule has 0 bridgehead atoms. The molecule has 0 fully saturated rings. The zero-order chi connectivity index (χ0) is 18.6. The van der Waals surface area contributed by atoms with Gasteiger partial charge in [-0.2, -0.15) is 0 Å². The van der Waals surface area contributed by atoms with Gasteiger partial charge in [-0.25, -0.2) is 13.2 Å². The first kappa shape index (κ1) is 18.3. The maximum Gasteiger partial charge on any atom is 0.261 e. The fourth-order valence-electron chi connectivity index (χ4n) is 2.25. The highest BCUT2D eigenvalue weighted by molar-refractivity contribution is 6.05. The molecule has 0 aliphatic carbocycles. The minimum Gasteiger partial charge on any atom is -0.322 e. The first-order valence-electron chi connectivity index (χ1n) is 7.22. The van der Waals surface area contributed by atoms with Crippen LogP contribution in [0.15, 0.2) is 35.6 Å². The van der Waals surface area contributed by atoms with Crippen molar-refractivity contribution in [2.75, 3.05) is 12.4 Å². The van der Waals surface area contributed by atoms with Crippen LogP contribution in [-0.2, 0) is 0 Å². The van der Waals surface area contributed by atoms with Crippen molar-refractivity contribution in [1.82, 2.24) is 4.98 Å². The monoisotopic (exact) mass is 348 g/mol. The van der Waals surface area contributed by atoms with Crippen LogP contribution in [0.25, 0.3) is 0 Å². The zero-order valence-corrected chi connectivity index (χ0v) is 13.5. The molecule has 0 radical (unpaired) electrons. The number of hydrogen-bond acceptors (Lipinski definition) is 4. The highest BCUT2D eigenvalue weighted by Gasteiger charge is 2.20. The van der Waals surface area contributed by atoms with Crippen molar-refractivity contribution in [2.24, 2.45) is 4.99 Å². The van der Waals surface area contributed by atoms with Crippen LogP contribution in [-0.4, -0.2) is 29.9 Å². The Balaban J connectivity index is 2.29. The Labute approximate surface area is 142 Å². The van der Waals surface area contributed by atoms with Crippen LogP contribution in [0.1, 0.15) is 28.8 Å². The van der Waals surface area contributed by atoms with Gasteiger partial charge in [-0.3, -0.25) is 14.8 Å². The van der Waals surface area contributed by atoms with Crippen LogP contribution in [0.4, 0.5) is 18.9 Å². The van der Waals surface area contributed by atoms with Crippen LogP contribution in [0.2, 0.25) is 0 Å². The van der Waals surface area contributed by atoms with Gasteiger partial charge in [-0.1, -0.05) is 6.07 Å². The highest BCUT2D eigenvalue weighted by Crippen LogP contribution is 2.23. The number of nitrogens with zero attached hydrogens (tertiary/aromatic N) is 2. The Morgan fingerprint density at radius 3 is 2.40 bits per heavy atom. The summed E-state index contributed by atoms with van der Waals surface area (Å²) in [5.74, 6) is -4.60. The second-order valence-electron chi connectivity index (χ2n) is 5.24. The van der Waals surface area contributed by atoms with Gasteiger partial charge >= 0.3 is 0 Å². The van der Waals surface area contributed by atoms with E-state index in [2.05, 4.69) is 15.3 Å². The van der Waals surface area contributed by atoms with Crippen molar-refractivity contribution in [2.45, 2.75) is 12.8 Å². The van der Waals surface area contributed by atoms with Crippen molar-refractivity contribution in [1.29, 1.82) is 5.41 Å². The molecule has 1 aromatic heterocycles. The van der Waals surface area contributed by atoms with Crippen LogP contribution in [0.3, 0.4) is 0 Å². The van der Waals surface area contributed by atoms with Gasteiger partial charge < -0.3 is 10.7 Å². The second kappa shape index (κ2) is 7.69. The van der Waals surface area contributed by atoms with E-state index in [1.54, 1.807) is 0 Å². The van der Waals surface area contributed by atoms with Crippen molar-refractivity contribution in [3.8, 4) is 0 Å². The zero-order valence-electron chi connectivity index (χ0n) is 13.5. The molecule has 2 rings (SSSR count). The lowest BCUT2D eigenvalue weighted by Gasteiger charge is -2.14. The number of rotatable bonds is 5. The highest BCUT2D eigenvalue weighted by atomic mass is 19.1.